The molecule has 0 bridgehead atoms. The van der Waals surface area contributed by atoms with Gasteiger partial charge in [-0.1, -0.05) is 18.2 Å². The van der Waals surface area contributed by atoms with Crippen LogP contribution in [0.2, 0.25) is 0 Å². The molecule has 0 spiro atoms. The van der Waals surface area contributed by atoms with Gasteiger partial charge >= 0.3 is 0 Å². The molecule has 15 heavy (non-hydrogen) atoms. The lowest BCUT2D eigenvalue weighted by Gasteiger charge is -2.23. The second kappa shape index (κ2) is 5.24. The smallest absolute Gasteiger partial charge is 0.126 e. The molecule has 0 aliphatic heterocycles. The van der Waals surface area contributed by atoms with Crippen molar-refractivity contribution in [3.63, 3.8) is 0 Å². The molecule has 1 aromatic rings. The number of benzene rings is 1. The van der Waals surface area contributed by atoms with E-state index in [1.165, 1.54) is 6.07 Å². The van der Waals surface area contributed by atoms with Gasteiger partial charge in [-0.15, -0.1) is 0 Å². The molecule has 0 aliphatic rings. The Morgan fingerprint density at radius 1 is 1.40 bits per heavy atom. The summed E-state index contributed by atoms with van der Waals surface area (Å²) in [6, 6.07) is 6.51. The van der Waals surface area contributed by atoms with Gasteiger partial charge in [-0.2, -0.15) is 0 Å². The van der Waals surface area contributed by atoms with Crippen LogP contribution in [-0.4, -0.2) is 24.4 Å². The molecule has 1 unspecified atom stereocenters. The molecule has 0 heterocycles. The number of hydrogen-bond acceptors (Lipinski definition) is 2. The van der Waals surface area contributed by atoms with E-state index in [4.69, 9.17) is 4.74 Å². The molecule has 3 heteroatoms. The molecule has 0 saturated carbocycles. The first-order valence-corrected chi connectivity index (χ1v) is 5.00. The molecule has 84 valence electrons. The topological polar surface area (TPSA) is 29.5 Å². The maximum Gasteiger partial charge on any atom is 0.126 e. The zero-order valence-electron chi connectivity index (χ0n) is 9.16. The van der Waals surface area contributed by atoms with Crippen LogP contribution in [0.5, 0.6) is 0 Å². The van der Waals surface area contributed by atoms with Crippen LogP contribution in [0.3, 0.4) is 0 Å². The summed E-state index contributed by atoms with van der Waals surface area (Å²) in [5, 5.41) is 9.98. The standard InChI is InChI=1S/C12H17FO2/c1-12(14,7-8-15-2)9-10-5-3-4-6-11(10)13/h3-6,14H,7-9H2,1-2H3. The molecule has 0 aromatic heterocycles. The van der Waals surface area contributed by atoms with Gasteiger partial charge in [0.05, 0.1) is 5.60 Å². The lowest BCUT2D eigenvalue weighted by molar-refractivity contribution is 0.0243. The largest absolute Gasteiger partial charge is 0.390 e. The van der Waals surface area contributed by atoms with Gasteiger partial charge < -0.3 is 9.84 Å². The van der Waals surface area contributed by atoms with E-state index in [0.717, 1.165) is 0 Å². The minimum absolute atomic E-state index is 0.268. The molecule has 0 radical (unpaired) electrons. The highest BCUT2D eigenvalue weighted by atomic mass is 19.1. The minimum Gasteiger partial charge on any atom is -0.390 e. The average molecular weight is 212 g/mol. The van der Waals surface area contributed by atoms with Crippen LogP contribution in [0.1, 0.15) is 18.9 Å². The molecule has 0 aliphatic carbocycles. The van der Waals surface area contributed by atoms with Crippen LogP contribution in [0.15, 0.2) is 24.3 Å². The summed E-state index contributed by atoms with van der Waals surface area (Å²) in [6.45, 7) is 2.17. The predicted octanol–water partition coefficient (Wildman–Crippen LogP) is 2.16. The van der Waals surface area contributed by atoms with Crippen molar-refractivity contribution >= 4 is 0 Å². The van der Waals surface area contributed by atoms with Gasteiger partial charge in [-0.3, -0.25) is 0 Å². The van der Waals surface area contributed by atoms with Crippen molar-refractivity contribution in [3.8, 4) is 0 Å². The van der Waals surface area contributed by atoms with Crippen LogP contribution in [-0.2, 0) is 11.2 Å². The molecule has 1 aromatic carbocycles. The molecule has 0 saturated heterocycles. The molecular formula is C12H17FO2. The zero-order chi connectivity index (χ0) is 11.3. The van der Waals surface area contributed by atoms with Gasteiger partial charge in [-0.05, 0) is 25.0 Å². The SMILES string of the molecule is COCCC(C)(O)Cc1ccccc1F. The second-order valence-electron chi connectivity index (χ2n) is 4.01. The van der Waals surface area contributed by atoms with E-state index in [-0.39, 0.29) is 5.82 Å². The number of ether oxygens (including phenoxy) is 1. The maximum atomic E-state index is 13.3. The Hall–Kier alpha value is -0.930. The first kappa shape index (κ1) is 12.1. The highest BCUT2D eigenvalue weighted by Gasteiger charge is 2.21. The number of halogens is 1. The van der Waals surface area contributed by atoms with Crippen molar-refractivity contribution in [2.75, 3.05) is 13.7 Å². The van der Waals surface area contributed by atoms with Crippen LogP contribution < -0.4 is 0 Å². The fourth-order valence-electron chi connectivity index (χ4n) is 1.46. The van der Waals surface area contributed by atoms with E-state index in [1.807, 2.05) is 0 Å². The zero-order valence-corrected chi connectivity index (χ0v) is 9.16. The van der Waals surface area contributed by atoms with E-state index in [2.05, 4.69) is 0 Å². The Morgan fingerprint density at radius 2 is 2.07 bits per heavy atom. The van der Waals surface area contributed by atoms with E-state index in [0.29, 0.717) is 25.0 Å². The molecule has 1 rings (SSSR count). The van der Waals surface area contributed by atoms with Gasteiger partial charge in [-0.25, -0.2) is 4.39 Å². The molecular weight excluding hydrogens is 195 g/mol. The van der Waals surface area contributed by atoms with Crippen LogP contribution >= 0.6 is 0 Å². The Kier molecular flexibility index (Phi) is 4.24. The summed E-state index contributed by atoms with van der Waals surface area (Å²) < 4.78 is 18.2. The van der Waals surface area contributed by atoms with Crippen molar-refractivity contribution < 1.29 is 14.2 Å². The van der Waals surface area contributed by atoms with Gasteiger partial charge in [0, 0.05) is 20.1 Å². The molecule has 0 fully saturated rings. The normalized spacial score (nSPS) is 14.9. The van der Waals surface area contributed by atoms with Crippen molar-refractivity contribution in [2.45, 2.75) is 25.4 Å². The molecule has 1 atom stereocenters. The second-order valence-corrected chi connectivity index (χ2v) is 4.01. The Bertz CT molecular complexity index is 310. The lowest BCUT2D eigenvalue weighted by Crippen LogP contribution is -2.29. The summed E-state index contributed by atoms with van der Waals surface area (Å²) in [4.78, 5) is 0. The van der Waals surface area contributed by atoms with Gasteiger partial charge in [0.2, 0.25) is 0 Å². The summed E-state index contributed by atoms with van der Waals surface area (Å²) in [6.07, 6.45) is 0.806. The van der Waals surface area contributed by atoms with E-state index >= 15 is 0 Å². The summed E-state index contributed by atoms with van der Waals surface area (Å²) >= 11 is 0. The first-order chi connectivity index (χ1) is 7.05. The average Bonchev–Trinajstić information content (AvgIpc) is 2.18. The Balaban J connectivity index is 2.64. The van der Waals surface area contributed by atoms with Gasteiger partial charge in [0.25, 0.3) is 0 Å². The quantitative estimate of drug-likeness (QED) is 0.810. The number of aliphatic hydroxyl groups is 1. The van der Waals surface area contributed by atoms with Gasteiger partial charge in [0.15, 0.2) is 0 Å². The Morgan fingerprint density at radius 3 is 2.67 bits per heavy atom. The van der Waals surface area contributed by atoms with Crippen LogP contribution in [0.25, 0.3) is 0 Å². The highest BCUT2D eigenvalue weighted by Crippen LogP contribution is 2.18. The lowest BCUT2D eigenvalue weighted by atomic mass is 9.93. The summed E-state index contributed by atoms with van der Waals surface area (Å²) in [7, 11) is 1.58. The number of rotatable bonds is 5. The molecule has 0 amide bonds. The fourth-order valence-corrected chi connectivity index (χ4v) is 1.46. The third-order valence-corrected chi connectivity index (χ3v) is 2.37. The van der Waals surface area contributed by atoms with E-state index in [1.54, 1.807) is 32.2 Å². The van der Waals surface area contributed by atoms with Gasteiger partial charge in [0.1, 0.15) is 5.82 Å². The van der Waals surface area contributed by atoms with E-state index < -0.39 is 5.60 Å². The monoisotopic (exact) mass is 212 g/mol. The van der Waals surface area contributed by atoms with Crippen LogP contribution in [0.4, 0.5) is 4.39 Å². The Labute approximate surface area is 89.7 Å². The minimum atomic E-state index is -0.918. The third-order valence-electron chi connectivity index (χ3n) is 2.37. The van der Waals surface area contributed by atoms with Crippen LogP contribution in [0, 0.1) is 5.82 Å². The number of hydrogen-bond donors (Lipinski definition) is 1. The predicted molar refractivity (Wildman–Crippen MR) is 57.2 cm³/mol. The maximum absolute atomic E-state index is 13.3. The molecule has 1 N–H and O–H groups in total. The fraction of sp³-hybridized carbons (Fsp3) is 0.500. The molecule has 2 nitrogen and oxygen atoms in total. The summed E-state index contributed by atoms with van der Waals surface area (Å²) in [5.41, 5.74) is -0.378. The summed E-state index contributed by atoms with van der Waals surface area (Å²) in [5.74, 6) is -0.268. The third kappa shape index (κ3) is 3.98. The van der Waals surface area contributed by atoms with E-state index in [9.17, 15) is 9.50 Å². The first-order valence-electron chi connectivity index (χ1n) is 5.00. The highest BCUT2D eigenvalue weighted by molar-refractivity contribution is 5.19. The van der Waals surface area contributed by atoms with Crippen molar-refractivity contribution in [1.29, 1.82) is 0 Å². The number of methoxy groups -OCH3 is 1. The van der Waals surface area contributed by atoms with Crippen molar-refractivity contribution in [1.82, 2.24) is 0 Å². The van der Waals surface area contributed by atoms with Crippen molar-refractivity contribution in [3.05, 3.63) is 35.6 Å². The van der Waals surface area contributed by atoms with Crippen molar-refractivity contribution in [2.24, 2.45) is 0 Å².